The number of anilines is 2. The van der Waals surface area contributed by atoms with Crippen molar-refractivity contribution in [1.29, 1.82) is 0 Å². The van der Waals surface area contributed by atoms with E-state index in [0.29, 0.717) is 48.1 Å². The summed E-state index contributed by atoms with van der Waals surface area (Å²) >= 11 is 6.12. The number of hydrogen-bond acceptors (Lipinski definition) is 4. The van der Waals surface area contributed by atoms with Gasteiger partial charge in [0.2, 0.25) is 11.8 Å². The van der Waals surface area contributed by atoms with E-state index in [1.807, 2.05) is 4.90 Å². The van der Waals surface area contributed by atoms with Gasteiger partial charge in [0, 0.05) is 44.5 Å². The molecule has 0 radical (unpaired) electrons. The van der Waals surface area contributed by atoms with E-state index >= 15 is 0 Å². The highest BCUT2D eigenvalue weighted by molar-refractivity contribution is 6.33. The Morgan fingerprint density at radius 1 is 0.931 bits per heavy atom. The number of rotatable bonds is 5. The van der Waals surface area contributed by atoms with Gasteiger partial charge >= 0.3 is 0 Å². The smallest absolute Gasteiger partial charge is 0.255 e. The zero-order chi connectivity index (χ0) is 20.8. The van der Waals surface area contributed by atoms with Crippen LogP contribution in [-0.2, 0) is 9.59 Å². The Balaban J connectivity index is 1.49. The standard InChI is InChI=1S/C21H23ClN4O3/c1-15(27)23-16-5-4-6-17(13-16)24-20(28)14-25-9-11-26(12-10-25)21(29)18-7-2-3-8-19(18)22/h2-8,13H,9-12,14H2,1H3,(H,23,27)(H,24,28). The first-order chi connectivity index (χ1) is 13.9. The third kappa shape index (κ3) is 5.79. The van der Waals surface area contributed by atoms with Crippen LogP contribution in [0.5, 0.6) is 0 Å². The number of halogens is 1. The van der Waals surface area contributed by atoms with Crippen LogP contribution in [0.1, 0.15) is 17.3 Å². The second-order valence-corrected chi connectivity index (χ2v) is 7.27. The molecular weight excluding hydrogens is 392 g/mol. The molecule has 1 fully saturated rings. The Morgan fingerprint density at radius 2 is 1.59 bits per heavy atom. The fourth-order valence-corrected chi connectivity index (χ4v) is 3.41. The van der Waals surface area contributed by atoms with Gasteiger partial charge in [-0.1, -0.05) is 29.8 Å². The van der Waals surface area contributed by atoms with Crippen LogP contribution in [0.15, 0.2) is 48.5 Å². The minimum atomic E-state index is -0.169. The Hall–Kier alpha value is -2.90. The molecule has 7 nitrogen and oxygen atoms in total. The number of carbonyl (C=O) groups excluding carboxylic acids is 3. The molecule has 8 heteroatoms. The van der Waals surface area contributed by atoms with Gasteiger partial charge in [0.25, 0.3) is 5.91 Å². The van der Waals surface area contributed by atoms with Crippen LogP contribution in [0.4, 0.5) is 11.4 Å². The monoisotopic (exact) mass is 414 g/mol. The summed E-state index contributed by atoms with van der Waals surface area (Å²) in [5, 5.41) is 5.97. The van der Waals surface area contributed by atoms with Crippen LogP contribution in [-0.4, -0.2) is 60.2 Å². The predicted octanol–water partition coefficient (Wildman–Crippen LogP) is 2.69. The van der Waals surface area contributed by atoms with Gasteiger partial charge in [-0.2, -0.15) is 0 Å². The summed E-state index contributed by atoms with van der Waals surface area (Å²) in [6.45, 7) is 3.95. The van der Waals surface area contributed by atoms with Gasteiger partial charge < -0.3 is 15.5 Å². The molecule has 2 aromatic rings. The SMILES string of the molecule is CC(=O)Nc1cccc(NC(=O)CN2CCN(C(=O)c3ccccc3Cl)CC2)c1. The van der Waals surface area contributed by atoms with E-state index in [1.165, 1.54) is 6.92 Å². The zero-order valence-corrected chi connectivity index (χ0v) is 16.9. The van der Waals surface area contributed by atoms with Gasteiger partial charge in [-0.05, 0) is 30.3 Å². The molecule has 0 aromatic heterocycles. The van der Waals surface area contributed by atoms with Gasteiger partial charge in [-0.3, -0.25) is 19.3 Å². The van der Waals surface area contributed by atoms with Crippen LogP contribution >= 0.6 is 11.6 Å². The Bertz CT molecular complexity index is 910. The fraction of sp³-hybridized carbons (Fsp3) is 0.286. The molecule has 1 aliphatic rings. The van der Waals surface area contributed by atoms with E-state index in [2.05, 4.69) is 10.6 Å². The molecule has 0 spiro atoms. The third-order valence-electron chi connectivity index (χ3n) is 4.60. The van der Waals surface area contributed by atoms with Crippen LogP contribution in [0.3, 0.4) is 0 Å². The highest BCUT2D eigenvalue weighted by atomic mass is 35.5. The third-order valence-corrected chi connectivity index (χ3v) is 4.93. The molecule has 0 bridgehead atoms. The number of amides is 3. The molecule has 0 unspecified atom stereocenters. The minimum absolute atomic E-state index is 0.0884. The Labute approximate surface area is 174 Å². The summed E-state index contributed by atoms with van der Waals surface area (Å²) in [4.78, 5) is 39.9. The summed E-state index contributed by atoms with van der Waals surface area (Å²) in [6.07, 6.45) is 0. The van der Waals surface area contributed by atoms with E-state index in [4.69, 9.17) is 11.6 Å². The number of hydrogen-bond donors (Lipinski definition) is 2. The first-order valence-electron chi connectivity index (χ1n) is 9.36. The van der Waals surface area contributed by atoms with Crippen molar-refractivity contribution in [3.63, 3.8) is 0 Å². The lowest BCUT2D eigenvalue weighted by Gasteiger charge is -2.34. The maximum atomic E-state index is 12.6. The fourth-order valence-electron chi connectivity index (χ4n) is 3.20. The van der Waals surface area contributed by atoms with Crippen molar-refractivity contribution >= 4 is 40.7 Å². The Kier molecular flexibility index (Phi) is 6.85. The average molecular weight is 415 g/mol. The molecule has 2 N–H and O–H groups in total. The zero-order valence-electron chi connectivity index (χ0n) is 16.2. The molecule has 0 aliphatic carbocycles. The van der Waals surface area contributed by atoms with Crippen molar-refractivity contribution in [3.05, 3.63) is 59.1 Å². The lowest BCUT2D eigenvalue weighted by molar-refractivity contribution is -0.117. The predicted molar refractivity (Wildman–Crippen MR) is 113 cm³/mol. The maximum absolute atomic E-state index is 12.6. The highest BCUT2D eigenvalue weighted by Gasteiger charge is 2.24. The van der Waals surface area contributed by atoms with Crippen molar-refractivity contribution in [2.45, 2.75) is 6.92 Å². The van der Waals surface area contributed by atoms with Gasteiger partial charge in [0.15, 0.2) is 0 Å². The highest BCUT2D eigenvalue weighted by Crippen LogP contribution is 2.18. The molecule has 0 saturated carbocycles. The summed E-state index contributed by atoms with van der Waals surface area (Å²) in [5.74, 6) is -0.400. The lowest BCUT2D eigenvalue weighted by atomic mass is 10.2. The van der Waals surface area contributed by atoms with Gasteiger partial charge in [0.1, 0.15) is 0 Å². The molecule has 29 heavy (non-hydrogen) atoms. The van der Waals surface area contributed by atoms with E-state index in [0.717, 1.165) is 0 Å². The Morgan fingerprint density at radius 3 is 2.24 bits per heavy atom. The molecule has 152 valence electrons. The summed E-state index contributed by atoms with van der Waals surface area (Å²) in [5.41, 5.74) is 1.75. The molecule has 3 rings (SSSR count). The van der Waals surface area contributed by atoms with E-state index in [9.17, 15) is 14.4 Å². The molecule has 1 heterocycles. The van der Waals surface area contributed by atoms with Crippen molar-refractivity contribution in [2.24, 2.45) is 0 Å². The molecule has 1 saturated heterocycles. The quantitative estimate of drug-likeness (QED) is 0.788. The van der Waals surface area contributed by atoms with Crippen molar-refractivity contribution in [3.8, 4) is 0 Å². The first kappa shape index (κ1) is 20.8. The lowest BCUT2D eigenvalue weighted by Crippen LogP contribution is -2.50. The number of piperazine rings is 1. The summed E-state index contributed by atoms with van der Waals surface area (Å²) in [6, 6.07) is 14.0. The average Bonchev–Trinajstić information content (AvgIpc) is 2.68. The van der Waals surface area contributed by atoms with Crippen molar-refractivity contribution in [2.75, 3.05) is 43.4 Å². The second kappa shape index (κ2) is 9.54. The maximum Gasteiger partial charge on any atom is 0.255 e. The van der Waals surface area contributed by atoms with Crippen LogP contribution in [0.2, 0.25) is 5.02 Å². The van der Waals surface area contributed by atoms with E-state index < -0.39 is 0 Å². The molecule has 2 aromatic carbocycles. The van der Waals surface area contributed by atoms with E-state index in [-0.39, 0.29) is 24.3 Å². The number of nitrogens with one attached hydrogen (secondary N) is 2. The van der Waals surface area contributed by atoms with Crippen LogP contribution in [0, 0.1) is 0 Å². The second-order valence-electron chi connectivity index (χ2n) is 6.86. The molecule has 3 amide bonds. The number of benzene rings is 2. The van der Waals surface area contributed by atoms with Gasteiger partial charge in [0.05, 0.1) is 17.1 Å². The largest absolute Gasteiger partial charge is 0.336 e. The number of carbonyl (C=O) groups is 3. The van der Waals surface area contributed by atoms with Crippen molar-refractivity contribution in [1.82, 2.24) is 9.80 Å². The van der Waals surface area contributed by atoms with Crippen LogP contribution < -0.4 is 10.6 Å². The molecule has 1 aliphatic heterocycles. The normalized spacial score (nSPS) is 14.3. The molecule has 0 atom stereocenters. The van der Waals surface area contributed by atoms with Gasteiger partial charge in [-0.25, -0.2) is 0 Å². The van der Waals surface area contributed by atoms with E-state index in [1.54, 1.807) is 53.4 Å². The summed E-state index contributed by atoms with van der Waals surface area (Å²) in [7, 11) is 0. The minimum Gasteiger partial charge on any atom is -0.336 e. The molecular formula is C21H23ClN4O3. The number of nitrogens with zero attached hydrogens (tertiary/aromatic N) is 2. The first-order valence-corrected chi connectivity index (χ1v) is 9.74. The van der Waals surface area contributed by atoms with Gasteiger partial charge in [-0.15, -0.1) is 0 Å². The topological polar surface area (TPSA) is 81.8 Å². The van der Waals surface area contributed by atoms with Crippen molar-refractivity contribution < 1.29 is 14.4 Å². The summed E-state index contributed by atoms with van der Waals surface area (Å²) < 4.78 is 0. The van der Waals surface area contributed by atoms with Crippen LogP contribution in [0.25, 0.3) is 0 Å².